The first-order chi connectivity index (χ1) is 12.4. The summed E-state index contributed by atoms with van der Waals surface area (Å²) in [7, 11) is 3.65. The van der Waals surface area contributed by atoms with Crippen LogP contribution in [0.25, 0.3) is 0 Å². The minimum Gasteiger partial charge on any atom is -0.379 e. The van der Waals surface area contributed by atoms with Gasteiger partial charge in [-0.2, -0.15) is 10.2 Å². The molecular weight excluding hydrogens is 356 g/mol. The molecule has 0 radical (unpaired) electrons. The molecule has 1 fully saturated rings. The van der Waals surface area contributed by atoms with E-state index in [4.69, 9.17) is 16.3 Å². The van der Waals surface area contributed by atoms with Crippen molar-refractivity contribution in [2.45, 2.75) is 13.5 Å². The van der Waals surface area contributed by atoms with Gasteiger partial charge in [-0.15, -0.1) is 0 Å². The second-order valence-electron chi connectivity index (χ2n) is 6.57. The van der Waals surface area contributed by atoms with Crippen LogP contribution in [0.2, 0.25) is 5.02 Å². The van der Waals surface area contributed by atoms with Crippen molar-refractivity contribution < 1.29 is 9.53 Å². The lowest BCUT2D eigenvalue weighted by atomic mass is 10.3. The topological polar surface area (TPSA) is 68.4 Å². The maximum Gasteiger partial charge on any atom is 0.274 e. The fourth-order valence-corrected chi connectivity index (χ4v) is 3.20. The zero-order valence-electron chi connectivity index (χ0n) is 15.5. The number of carbonyl (C=O) groups is 1. The molecule has 0 unspecified atom stereocenters. The van der Waals surface area contributed by atoms with E-state index < -0.39 is 0 Å². The van der Waals surface area contributed by atoms with Crippen molar-refractivity contribution in [2.75, 3.05) is 39.4 Å². The van der Waals surface area contributed by atoms with Gasteiger partial charge in [-0.05, 0) is 13.0 Å². The Labute approximate surface area is 158 Å². The van der Waals surface area contributed by atoms with Gasteiger partial charge in [0.05, 0.1) is 24.8 Å². The molecule has 0 aromatic carbocycles. The first-order valence-corrected chi connectivity index (χ1v) is 9.10. The molecule has 0 atom stereocenters. The summed E-state index contributed by atoms with van der Waals surface area (Å²) in [6.07, 6.45) is 1.74. The van der Waals surface area contributed by atoms with Crippen molar-refractivity contribution in [2.24, 2.45) is 14.1 Å². The standard InChI is InChI=1S/C17H25ClN6O2/c1-13-10-15(20-22(13)3)17(25)24(5-4-23-6-8-26-9-7-23)12-16-14(18)11-21(2)19-16/h10-11H,4-9,12H2,1-3H3. The number of aromatic nitrogens is 4. The van der Waals surface area contributed by atoms with Crippen LogP contribution in [0, 0.1) is 6.92 Å². The van der Waals surface area contributed by atoms with E-state index in [1.54, 1.807) is 20.5 Å². The van der Waals surface area contributed by atoms with Crippen LogP contribution in [0.4, 0.5) is 0 Å². The van der Waals surface area contributed by atoms with Gasteiger partial charge in [0.2, 0.25) is 0 Å². The molecule has 0 aliphatic carbocycles. The molecule has 142 valence electrons. The summed E-state index contributed by atoms with van der Waals surface area (Å²) >= 11 is 6.25. The number of nitrogens with zero attached hydrogens (tertiary/aromatic N) is 6. The summed E-state index contributed by atoms with van der Waals surface area (Å²) in [6, 6.07) is 1.81. The number of hydrogen-bond acceptors (Lipinski definition) is 5. The third-order valence-corrected chi connectivity index (χ3v) is 4.92. The van der Waals surface area contributed by atoms with E-state index in [-0.39, 0.29) is 5.91 Å². The molecule has 0 N–H and O–H groups in total. The van der Waals surface area contributed by atoms with E-state index >= 15 is 0 Å². The number of aryl methyl sites for hydroxylation is 3. The molecule has 26 heavy (non-hydrogen) atoms. The third-order valence-electron chi connectivity index (χ3n) is 4.60. The molecule has 2 aromatic rings. The summed E-state index contributed by atoms with van der Waals surface area (Å²) in [5.74, 6) is -0.108. The van der Waals surface area contributed by atoms with Gasteiger partial charge >= 0.3 is 0 Å². The van der Waals surface area contributed by atoms with Gasteiger partial charge in [0.15, 0.2) is 5.69 Å². The first-order valence-electron chi connectivity index (χ1n) is 8.72. The van der Waals surface area contributed by atoms with Gasteiger partial charge in [-0.3, -0.25) is 19.1 Å². The van der Waals surface area contributed by atoms with Crippen LogP contribution in [0.5, 0.6) is 0 Å². The fourth-order valence-electron chi connectivity index (χ4n) is 2.96. The highest BCUT2D eigenvalue weighted by Gasteiger charge is 2.23. The van der Waals surface area contributed by atoms with Crippen molar-refractivity contribution >= 4 is 17.5 Å². The van der Waals surface area contributed by atoms with Crippen LogP contribution < -0.4 is 0 Å². The van der Waals surface area contributed by atoms with Gasteiger partial charge in [0.25, 0.3) is 5.91 Å². The SMILES string of the molecule is Cc1cc(C(=O)N(CCN2CCOCC2)Cc2nn(C)cc2Cl)nn1C. The van der Waals surface area contributed by atoms with Crippen molar-refractivity contribution in [3.63, 3.8) is 0 Å². The molecule has 0 spiro atoms. The van der Waals surface area contributed by atoms with E-state index in [9.17, 15) is 4.79 Å². The average molecular weight is 381 g/mol. The lowest BCUT2D eigenvalue weighted by Crippen LogP contribution is -2.43. The first kappa shape index (κ1) is 18.9. The molecule has 1 aliphatic rings. The van der Waals surface area contributed by atoms with Gasteiger partial charge in [-0.1, -0.05) is 11.6 Å². The second-order valence-corrected chi connectivity index (χ2v) is 6.98. The number of rotatable bonds is 6. The quantitative estimate of drug-likeness (QED) is 0.750. The molecule has 1 amide bonds. The average Bonchev–Trinajstić information content (AvgIpc) is 3.12. The lowest BCUT2D eigenvalue weighted by Gasteiger charge is -2.29. The molecule has 3 heterocycles. The molecule has 3 rings (SSSR count). The Morgan fingerprint density at radius 1 is 1.31 bits per heavy atom. The number of hydrogen-bond donors (Lipinski definition) is 0. The molecule has 2 aromatic heterocycles. The van der Waals surface area contributed by atoms with Crippen LogP contribution >= 0.6 is 11.6 Å². The molecule has 0 saturated carbocycles. The minimum atomic E-state index is -0.108. The smallest absolute Gasteiger partial charge is 0.274 e. The molecule has 1 saturated heterocycles. The summed E-state index contributed by atoms with van der Waals surface area (Å²) in [5, 5.41) is 9.27. The summed E-state index contributed by atoms with van der Waals surface area (Å²) in [5.41, 5.74) is 2.08. The zero-order valence-corrected chi connectivity index (χ0v) is 16.2. The lowest BCUT2D eigenvalue weighted by molar-refractivity contribution is 0.0318. The van der Waals surface area contributed by atoms with Gasteiger partial charge in [0.1, 0.15) is 5.69 Å². The number of carbonyl (C=O) groups excluding carboxylic acids is 1. The van der Waals surface area contributed by atoms with Crippen LogP contribution in [0.1, 0.15) is 21.9 Å². The Bertz CT molecular complexity index is 746. The molecule has 9 heteroatoms. The highest BCUT2D eigenvalue weighted by atomic mass is 35.5. The van der Waals surface area contributed by atoms with Crippen LogP contribution in [0.3, 0.4) is 0 Å². The van der Waals surface area contributed by atoms with E-state index in [1.165, 1.54) is 0 Å². The number of halogens is 1. The minimum absolute atomic E-state index is 0.108. The second kappa shape index (κ2) is 8.20. The van der Waals surface area contributed by atoms with Crippen molar-refractivity contribution in [1.29, 1.82) is 0 Å². The molecular formula is C17H25ClN6O2. The van der Waals surface area contributed by atoms with E-state index in [2.05, 4.69) is 15.1 Å². The predicted molar refractivity (Wildman–Crippen MR) is 98.2 cm³/mol. The Morgan fingerprint density at radius 2 is 2.04 bits per heavy atom. The number of amides is 1. The molecule has 0 bridgehead atoms. The maximum atomic E-state index is 13.0. The van der Waals surface area contributed by atoms with E-state index in [1.807, 2.05) is 27.1 Å². The third kappa shape index (κ3) is 4.44. The van der Waals surface area contributed by atoms with Crippen LogP contribution in [-0.2, 0) is 25.4 Å². The Hall–Kier alpha value is -1.90. The van der Waals surface area contributed by atoms with Gasteiger partial charge < -0.3 is 9.64 Å². The molecule has 1 aliphatic heterocycles. The van der Waals surface area contributed by atoms with Crippen molar-refractivity contribution in [3.8, 4) is 0 Å². The summed E-state index contributed by atoms with van der Waals surface area (Å²) in [4.78, 5) is 17.1. The Morgan fingerprint density at radius 3 is 2.62 bits per heavy atom. The van der Waals surface area contributed by atoms with Gasteiger partial charge in [-0.25, -0.2) is 0 Å². The maximum absolute atomic E-state index is 13.0. The predicted octanol–water partition coefficient (Wildman–Crippen LogP) is 1.09. The van der Waals surface area contributed by atoms with Gasteiger partial charge in [0, 0.05) is 52.2 Å². The monoisotopic (exact) mass is 380 g/mol. The fraction of sp³-hybridized carbons (Fsp3) is 0.588. The highest BCUT2D eigenvalue weighted by molar-refractivity contribution is 6.31. The van der Waals surface area contributed by atoms with E-state index in [0.29, 0.717) is 29.5 Å². The Kier molecular flexibility index (Phi) is 5.95. The highest BCUT2D eigenvalue weighted by Crippen LogP contribution is 2.17. The van der Waals surface area contributed by atoms with E-state index in [0.717, 1.165) is 38.5 Å². The summed E-state index contributed by atoms with van der Waals surface area (Å²) in [6.45, 7) is 6.89. The Balaban J connectivity index is 1.75. The molecule has 8 nitrogen and oxygen atoms in total. The largest absolute Gasteiger partial charge is 0.379 e. The summed E-state index contributed by atoms with van der Waals surface area (Å²) < 4.78 is 8.76. The zero-order chi connectivity index (χ0) is 18.7. The van der Waals surface area contributed by atoms with Crippen molar-refractivity contribution in [3.05, 3.63) is 34.4 Å². The van der Waals surface area contributed by atoms with Crippen LogP contribution in [0.15, 0.2) is 12.3 Å². The normalized spacial score (nSPS) is 15.4. The number of morpholine rings is 1. The number of ether oxygens (including phenoxy) is 1. The van der Waals surface area contributed by atoms with Crippen molar-refractivity contribution in [1.82, 2.24) is 29.4 Å². The van der Waals surface area contributed by atoms with Crippen LogP contribution in [-0.4, -0.2) is 74.7 Å².